The van der Waals surface area contributed by atoms with Crippen LogP contribution in [0.5, 0.6) is 0 Å². The molecule has 9 heteroatoms. The van der Waals surface area contributed by atoms with Crippen LogP contribution in [-0.2, 0) is 36.3 Å². The third-order valence-electron chi connectivity index (χ3n) is 5.32. The number of nitrogens with two attached hydrogens (primary N) is 1. The Bertz CT molecular complexity index is 1010. The van der Waals surface area contributed by atoms with Crippen LogP contribution in [0.3, 0.4) is 0 Å². The minimum atomic E-state index is -3.77. The van der Waals surface area contributed by atoms with Gasteiger partial charge in [-0.05, 0) is 48.2 Å². The Hall–Kier alpha value is -2.78. The number of esters is 1. The summed E-state index contributed by atoms with van der Waals surface area (Å²) in [6.45, 7) is -0.290. The van der Waals surface area contributed by atoms with E-state index in [-0.39, 0.29) is 17.3 Å². The highest BCUT2D eigenvalue weighted by Crippen LogP contribution is 2.42. The van der Waals surface area contributed by atoms with Crippen molar-refractivity contribution in [3.05, 3.63) is 65.5 Å². The molecule has 0 radical (unpaired) electrons. The van der Waals surface area contributed by atoms with Crippen molar-refractivity contribution in [3.63, 3.8) is 0 Å². The first kappa shape index (κ1) is 21.9. The second-order valence-corrected chi connectivity index (χ2v) is 8.90. The normalized spacial score (nSPS) is 15.5. The third kappa shape index (κ3) is 5.03. The van der Waals surface area contributed by atoms with E-state index >= 15 is 0 Å². The number of rotatable bonds is 7. The van der Waals surface area contributed by atoms with Gasteiger partial charge >= 0.3 is 5.97 Å². The van der Waals surface area contributed by atoms with E-state index in [1.165, 1.54) is 36.4 Å². The summed E-state index contributed by atoms with van der Waals surface area (Å²) >= 11 is 0. The molecule has 2 aromatic carbocycles. The summed E-state index contributed by atoms with van der Waals surface area (Å²) in [4.78, 5) is 24.9. The molecule has 0 unspecified atom stereocenters. The molecule has 1 fully saturated rings. The van der Waals surface area contributed by atoms with E-state index in [1.807, 2.05) is 0 Å². The Labute approximate surface area is 174 Å². The van der Waals surface area contributed by atoms with E-state index in [4.69, 9.17) is 9.88 Å². The number of benzene rings is 2. The molecule has 7 nitrogen and oxygen atoms in total. The van der Waals surface area contributed by atoms with Gasteiger partial charge in [-0.3, -0.25) is 9.59 Å². The molecule has 1 aliphatic rings. The van der Waals surface area contributed by atoms with Crippen LogP contribution in [0.2, 0.25) is 0 Å². The highest BCUT2D eigenvalue weighted by molar-refractivity contribution is 7.89. The van der Waals surface area contributed by atoms with Crippen LogP contribution in [-0.4, -0.2) is 26.9 Å². The van der Waals surface area contributed by atoms with Crippen LogP contribution in [0.1, 0.15) is 36.8 Å². The quantitative estimate of drug-likeness (QED) is 0.648. The lowest BCUT2D eigenvalue weighted by molar-refractivity contribution is -0.154. The fourth-order valence-electron chi connectivity index (χ4n) is 3.68. The van der Waals surface area contributed by atoms with Gasteiger partial charge in [0.1, 0.15) is 5.82 Å². The summed E-state index contributed by atoms with van der Waals surface area (Å²) in [7, 11) is -3.77. The maximum absolute atomic E-state index is 13.3. The van der Waals surface area contributed by atoms with Gasteiger partial charge < -0.3 is 10.1 Å². The predicted molar refractivity (Wildman–Crippen MR) is 107 cm³/mol. The van der Waals surface area contributed by atoms with Crippen molar-refractivity contribution < 1.29 is 27.1 Å². The molecule has 160 valence electrons. The minimum absolute atomic E-state index is 0.0193. The molecule has 0 saturated heterocycles. The first-order chi connectivity index (χ1) is 14.2. The summed E-state index contributed by atoms with van der Waals surface area (Å²) in [6, 6.07) is 11.6. The Morgan fingerprint density at radius 1 is 1.03 bits per heavy atom. The Morgan fingerprint density at radius 3 is 2.20 bits per heavy atom. The maximum Gasteiger partial charge on any atom is 0.317 e. The van der Waals surface area contributed by atoms with Gasteiger partial charge in [0.15, 0.2) is 6.61 Å². The smallest absolute Gasteiger partial charge is 0.317 e. The average Bonchev–Trinajstić information content (AvgIpc) is 3.22. The third-order valence-corrected chi connectivity index (χ3v) is 6.25. The monoisotopic (exact) mass is 434 g/mol. The van der Waals surface area contributed by atoms with Gasteiger partial charge in [-0.15, -0.1) is 0 Å². The highest BCUT2D eigenvalue weighted by atomic mass is 32.2. The number of amides is 1. The molecule has 30 heavy (non-hydrogen) atoms. The molecule has 0 atom stereocenters. The van der Waals surface area contributed by atoms with Crippen LogP contribution in [0.15, 0.2) is 53.4 Å². The summed E-state index contributed by atoms with van der Waals surface area (Å²) < 4.78 is 41.0. The molecule has 1 saturated carbocycles. The van der Waals surface area contributed by atoms with Crippen molar-refractivity contribution in [1.29, 1.82) is 0 Å². The minimum Gasteiger partial charge on any atom is -0.455 e. The molecule has 0 heterocycles. The number of ether oxygens (including phenoxy) is 1. The zero-order valence-electron chi connectivity index (χ0n) is 16.3. The Morgan fingerprint density at radius 2 is 1.63 bits per heavy atom. The predicted octanol–water partition coefficient (Wildman–Crippen LogP) is 2.14. The Kier molecular flexibility index (Phi) is 6.52. The fourth-order valence-corrected chi connectivity index (χ4v) is 4.19. The number of sulfonamides is 1. The van der Waals surface area contributed by atoms with Crippen LogP contribution >= 0.6 is 0 Å². The first-order valence-electron chi connectivity index (χ1n) is 9.52. The molecule has 0 aromatic heterocycles. The molecular weight excluding hydrogens is 411 g/mol. The van der Waals surface area contributed by atoms with E-state index in [2.05, 4.69) is 5.32 Å². The average molecular weight is 434 g/mol. The van der Waals surface area contributed by atoms with Crippen molar-refractivity contribution in [2.24, 2.45) is 5.14 Å². The number of nitrogens with one attached hydrogen (secondary N) is 1. The molecule has 3 N–H and O–H groups in total. The van der Waals surface area contributed by atoms with Gasteiger partial charge in [-0.2, -0.15) is 0 Å². The lowest BCUT2D eigenvalue weighted by Crippen LogP contribution is -2.37. The SMILES string of the molecule is NS(=O)(=O)c1ccc(CNC(=O)COC(=O)C2(c3ccc(F)cc3)CCCC2)cc1. The van der Waals surface area contributed by atoms with Crippen molar-refractivity contribution in [2.75, 3.05) is 6.61 Å². The van der Waals surface area contributed by atoms with Crippen LogP contribution in [0.25, 0.3) is 0 Å². The van der Waals surface area contributed by atoms with Gasteiger partial charge in [0.2, 0.25) is 10.0 Å². The van der Waals surface area contributed by atoms with Crippen molar-refractivity contribution in [2.45, 2.75) is 42.5 Å². The van der Waals surface area contributed by atoms with Crippen molar-refractivity contribution in [3.8, 4) is 0 Å². The van der Waals surface area contributed by atoms with Crippen molar-refractivity contribution >= 4 is 21.9 Å². The second-order valence-electron chi connectivity index (χ2n) is 7.34. The number of hydrogen-bond acceptors (Lipinski definition) is 5. The van der Waals surface area contributed by atoms with Gasteiger partial charge in [-0.25, -0.2) is 17.9 Å². The zero-order valence-corrected chi connectivity index (χ0v) is 17.1. The van der Waals surface area contributed by atoms with E-state index in [0.717, 1.165) is 12.8 Å². The van der Waals surface area contributed by atoms with Crippen LogP contribution < -0.4 is 10.5 Å². The lowest BCUT2D eigenvalue weighted by Gasteiger charge is -2.27. The van der Waals surface area contributed by atoms with Gasteiger partial charge in [0, 0.05) is 6.54 Å². The highest BCUT2D eigenvalue weighted by Gasteiger charge is 2.44. The standard InChI is InChI=1S/C21H23FN2O5S/c22-17-7-5-16(6-8-17)21(11-1-2-12-21)20(26)29-14-19(25)24-13-15-3-9-18(10-4-15)30(23,27)28/h3-10H,1-2,11-14H2,(H,24,25)(H2,23,27,28). The van der Waals surface area contributed by atoms with Crippen molar-refractivity contribution in [1.82, 2.24) is 5.32 Å². The van der Waals surface area contributed by atoms with Crippen LogP contribution in [0.4, 0.5) is 4.39 Å². The first-order valence-corrected chi connectivity index (χ1v) is 11.1. The van der Waals surface area contributed by atoms with Gasteiger partial charge in [0.05, 0.1) is 10.3 Å². The molecule has 3 rings (SSSR count). The number of halogens is 1. The zero-order chi connectivity index (χ0) is 21.8. The molecule has 1 aliphatic carbocycles. The van der Waals surface area contributed by atoms with Gasteiger partial charge in [-0.1, -0.05) is 37.1 Å². The van der Waals surface area contributed by atoms with E-state index < -0.39 is 33.9 Å². The summed E-state index contributed by atoms with van der Waals surface area (Å²) in [5.74, 6) is -1.35. The number of primary sulfonamides is 1. The molecular formula is C21H23FN2O5S. The summed E-state index contributed by atoms with van der Waals surface area (Å²) in [6.07, 6.45) is 2.89. The molecule has 2 aromatic rings. The Balaban J connectivity index is 1.55. The number of carbonyl (C=O) groups is 2. The topological polar surface area (TPSA) is 116 Å². The van der Waals surface area contributed by atoms with Gasteiger partial charge in [0.25, 0.3) is 5.91 Å². The fraction of sp³-hybridized carbons (Fsp3) is 0.333. The molecule has 0 bridgehead atoms. The largest absolute Gasteiger partial charge is 0.455 e. The van der Waals surface area contributed by atoms with E-state index in [9.17, 15) is 22.4 Å². The number of hydrogen-bond donors (Lipinski definition) is 2. The summed E-state index contributed by atoms with van der Waals surface area (Å²) in [5.41, 5.74) is 0.514. The summed E-state index contributed by atoms with van der Waals surface area (Å²) in [5, 5.41) is 7.66. The molecule has 1 amide bonds. The van der Waals surface area contributed by atoms with E-state index in [0.29, 0.717) is 24.0 Å². The van der Waals surface area contributed by atoms with E-state index in [1.54, 1.807) is 12.1 Å². The lowest BCUT2D eigenvalue weighted by atomic mass is 9.79. The maximum atomic E-state index is 13.3. The second kappa shape index (κ2) is 8.93. The number of carbonyl (C=O) groups excluding carboxylic acids is 2. The molecule has 0 aliphatic heterocycles. The van der Waals surface area contributed by atoms with Crippen LogP contribution in [0, 0.1) is 5.82 Å². The molecule has 0 spiro atoms.